The maximum Gasteiger partial charge on any atom is 0.0431 e. The Morgan fingerprint density at radius 3 is 1.61 bits per heavy atom. The minimum atomic E-state index is 0.371. The van der Waals surface area contributed by atoms with Crippen LogP contribution in [0.2, 0.25) is 0 Å². The molecule has 0 aliphatic heterocycles. The largest absolute Gasteiger partial charge is 0.396 e. The molecule has 0 radical (unpaired) electrons. The van der Waals surface area contributed by atoms with Crippen LogP contribution in [-0.4, -0.2) is 11.7 Å². The van der Waals surface area contributed by atoms with E-state index in [1.165, 1.54) is 77.0 Å². The molecule has 0 heterocycles. The number of hydrogen-bond acceptors (Lipinski definition) is 1. The zero-order valence-electron chi connectivity index (χ0n) is 12.9. The molecule has 1 atom stereocenters. The van der Waals surface area contributed by atoms with E-state index >= 15 is 0 Å². The van der Waals surface area contributed by atoms with Crippen molar-refractivity contribution < 1.29 is 5.11 Å². The van der Waals surface area contributed by atoms with Gasteiger partial charge in [0.15, 0.2) is 0 Å². The molecule has 0 aromatic heterocycles. The van der Waals surface area contributed by atoms with Gasteiger partial charge in [0, 0.05) is 6.61 Å². The highest BCUT2D eigenvalue weighted by molar-refractivity contribution is 4.55. The van der Waals surface area contributed by atoms with E-state index in [9.17, 15) is 0 Å². The van der Waals surface area contributed by atoms with Crippen molar-refractivity contribution in [3.8, 4) is 0 Å². The molecule has 1 nitrogen and oxygen atoms in total. The fourth-order valence-corrected chi connectivity index (χ4v) is 2.55. The van der Waals surface area contributed by atoms with Gasteiger partial charge in [0.2, 0.25) is 0 Å². The first-order chi connectivity index (χ1) is 8.81. The van der Waals surface area contributed by atoms with Crippen molar-refractivity contribution >= 4 is 0 Å². The van der Waals surface area contributed by atoms with Crippen molar-refractivity contribution in [3.63, 3.8) is 0 Å². The Bertz CT molecular complexity index is 145. The molecule has 0 aromatic rings. The average Bonchev–Trinajstić information content (AvgIpc) is 2.38. The summed E-state index contributed by atoms with van der Waals surface area (Å²) in [6.07, 6.45) is 17.6. The van der Waals surface area contributed by atoms with Gasteiger partial charge in [-0.15, -0.1) is 0 Å². The molecule has 0 bridgehead atoms. The lowest BCUT2D eigenvalue weighted by Gasteiger charge is -2.10. The molecular formula is C17H36O. The van der Waals surface area contributed by atoms with Crippen LogP contribution in [0.4, 0.5) is 0 Å². The molecule has 0 unspecified atom stereocenters. The minimum absolute atomic E-state index is 0.371. The minimum Gasteiger partial charge on any atom is -0.396 e. The molecule has 110 valence electrons. The van der Waals surface area contributed by atoms with Crippen molar-refractivity contribution in [1.82, 2.24) is 0 Å². The van der Waals surface area contributed by atoms with Gasteiger partial charge in [0.1, 0.15) is 0 Å². The Morgan fingerprint density at radius 2 is 1.11 bits per heavy atom. The predicted octanol–water partition coefficient (Wildman–Crippen LogP) is 5.71. The number of aliphatic hydroxyl groups excluding tert-OH is 1. The van der Waals surface area contributed by atoms with Gasteiger partial charge in [0.05, 0.1) is 0 Å². The summed E-state index contributed by atoms with van der Waals surface area (Å²) < 4.78 is 0. The second-order valence-corrected chi connectivity index (χ2v) is 5.94. The molecule has 0 spiro atoms. The fraction of sp³-hybridized carbons (Fsp3) is 1.00. The predicted molar refractivity (Wildman–Crippen MR) is 81.9 cm³/mol. The van der Waals surface area contributed by atoms with Crippen LogP contribution in [0.25, 0.3) is 0 Å². The van der Waals surface area contributed by atoms with Gasteiger partial charge >= 0.3 is 0 Å². The Balaban J connectivity index is 3.08. The van der Waals surface area contributed by atoms with E-state index in [0.717, 1.165) is 12.3 Å². The molecule has 0 saturated carbocycles. The fourth-order valence-electron chi connectivity index (χ4n) is 2.55. The molecule has 0 fully saturated rings. The summed E-state index contributed by atoms with van der Waals surface area (Å²) in [6.45, 7) is 5.08. The second-order valence-electron chi connectivity index (χ2n) is 5.94. The van der Waals surface area contributed by atoms with Gasteiger partial charge in [-0.1, -0.05) is 90.9 Å². The van der Waals surface area contributed by atoms with E-state index in [4.69, 9.17) is 5.11 Å². The zero-order valence-corrected chi connectivity index (χ0v) is 12.9. The van der Waals surface area contributed by atoms with Crippen LogP contribution < -0.4 is 0 Å². The Morgan fingerprint density at radius 1 is 0.667 bits per heavy atom. The maximum atomic E-state index is 8.67. The number of unbranched alkanes of at least 4 members (excludes halogenated alkanes) is 9. The third-order valence-corrected chi connectivity index (χ3v) is 3.91. The molecule has 0 rings (SSSR count). The van der Waals surface area contributed by atoms with Crippen LogP contribution in [0, 0.1) is 5.92 Å². The first-order valence-electron chi connectivity index (χ1n) is 8.42. The molecule has 0 amide bonds. The average molecular weight is 256 g/mol. The van der Waals surface area contributed by atoms with Crippen LogP contribution in [0.5, 0.6) is 0 Å². The summed E-state index contributed by atoms with van der Waals surface area (Å²) >= 11 is 0. The number of rotatable bonds is 14. The number of aliphatic hydroxyl groups is 1. The molecule has 1 heteroatoms. The van der Waals surface area contributed by atoms with Crippen molar-refractivity contribution in [2.24, 2.45) is 5.92 Å². The molecule has 0 aromatic carbocycles. The van der Waals surface area contributed by atoms with Crippen molar-refractivity contribution in [1.29, 1.82) is 0 Å². The van der Waals surface area contributed by atoms with Crippen molar-refractivity contribution in [2.45, 2.75) is 97.3 Å². The van der Waals surface area contributed by atoms with E-state index in [2.05, 4.69) is 13.8 Å². The van der Waals surface area contributed by atoms with E-state index in [1.807, 2.05) is 0 Å². The molecule has 0 aliphatic rings. The quantitative estimate of drug-likeness (QED) is 0.395. The highest BCUT2D eigenvalue weighted by Crippen LogP contribution is 2.18. The van der Waals surface area contributed by atoms with Crippen LogP contribution in [0.3, 0.4) is 0 Å². The molecule has 0 saturated heterocycles. The monoisotopic (exact) mass is 256 g/mol. The third-order valence-electron chi connectivity index (χ3n) is 3.91. The van der Waals surface area contributed by atoms with E-state index in [-0.39, 0.29) is 0 Å². The normalized spacial score (nSPS) is 12.8. The highest BCUT2D eigenvalue weighted by Gasteiger charge is 2.01. The van der Waals surface area contributed by atoms with Gasteiger partial charge in [-0.05, 0) is 12.3 Å². The number of hydrogen-bond donors (Lipinski definition) is 1. The summed E-state index contributed by atoms with van der Waals surface area (Å²) in [4.78, 5) is 0. The second kappa shape index (κ2) is 15.0. The summed E-state index contributed by atoms with van der Waals surface area (Å²) in [5.41, 5.74) is 0. The maximum absolute atomic E-state index is 8.67. The third kappa shape index (κ3) is 14.0. The molecule has 18 heavy (non-hydrogen) atoms. The topological polar surface area (TPSA) is 20.2 Å². The van der Waals surface area contributed by atoms with Gasteiger partial charge < -0.3 is 5.11 Å². The van der Waals surface area contributed by atoms with Crippen LogP contribution in [-0.2, 0) is 0 Å². The van der Waals surface area contributed by atoms with Gasteiger partial charge in [-0.3, -0.25) is 0 Å². The van der Waals surface area contributed by atoms with Crippen LogP contribution in [0.15, 0.2) is 0 Å². The van der Waals surface area contributed by atoms with Gasteiger partial charge in [0.25, 0.3) is 0 Å². The van der Waals surface area contributed by atoms with Crippen LogP contribution in [0.1, 0.15) is 97.3 Å². The highest BCUT2D eigenvalue weighted by atomic mass is 16.2. The van der Waals surface area contributed by atoms with E-state index < -0.39 is 0 Å². The lowest BCUT2D eigenvalue weighted by atomic mass is 9.96. The molecule has 0 aliphatic carbocycles. The molecule has 1 N–H and O–H groups in total. The Hall–Kier alpha value is -0.0400. The standard InChI is InChI=1S/C17H36O/c1-3-4-5-11-14-17(2)15-12-9-7-6-8-10-13-16-18/h17-18H,3-16H2,1-2H3/t17-/m0/s1. The van der Waals surface area contributed by atoms with Gasteiger partial charge in [-0.2, -0.15) is 0 Å². The zero-order chi connectivity index (χ0) is 13.5. The first-order valence-corrected chi connectivity index (χ1v) is 8.42. The Labute approximate surface area is 115 Å². The van der Waals surface area contributed by atoms with Crippen LogP contribution >= 0.6 is 0 Å². The summed E-state index contributed by atoms with van der Waals surface area (Å²) in [5.74, 6) is 0.941. The van der Waals surface area contributed by atoms with E-state index in [1.54, 1.807) is 0 Å². The first kappa shape index (κ1) is 18.0. The summed E-state index contributed by atoms with van der Waals surface area (Å²) in [5, 5.41) is 8.67. The van der Waals surface area contributed by atoms with Crippen molar-refractivity contribution in [3.05, 3.63) is 0 Å². The lowest BCUT2D eigenvalue weighted by molar-refractivity contribution is 0.282. The lowest BCUT2D eigenvalue weighted by Crippen LogP contribution is -1.95. The smallest absolute Gasteiger partial charge is 0.0431 e. The SMILES string of the molecule is CCCCCC[C@H](C)CCCCCCCCCO. The summed E-state index contributed by atoms with van der Waals surface area (Å²) in [7, 11) is 0. The van der Waals surface area contributed by atoms with Gasteiger partial charge in [-0.25, -0.2) is 0 Å². The molecular weight excluding hydrogens is 220 g/mol. The Kier molecular flexibility index (Phi) is 15.0. The van der Waals surface area contributed by atoms with E-state index in [0.29, 0.717) is 6.61 Å². The summed E-state index contributed by atoms with van der Waals surface area (Å²) in [6, 6.07) is 0. The van der Waals surface area contributed by atoms with Crippen molar-refractivity contribution in [2.75, 3.05) is 6.61 Å².